The third-order valence-electron chi connectivity index (χ3n) is 6.49. The topological polar surface area (TPSA) is 157 Å². The van der Waals surface area contributed by atoms with Crippen molar-refractivity contribution >= 4 is 35.3 Å². The summed E-state index contributed by atoms with van der Waals surface area (Å²) in [7, 11) is 0. The predicted octanol–water partition coefficient (Wildman–Crippen LogP) is 4.20. The van der Waals surface area contributed by atoms with E-state index in [0.29, 0.717) is 35.5 Å². The predicted molar refractivity (Wildman–Crippen MR) is 158 cm³/mol. The molecule has 0 saturated heterocycles. The Bertz CT molecular complexity index is 1500. The molecular weight excluding hydrogens is 536 g/mol. The first-order chi connectivity index (χ1) is 19.9. The lowest BCUT2D eigenvalue weighted by atomic mass is 10.1. The van der Waals surface area contributed by atoms with Crippen LogP contribution in [0.15, 0.2) is 48.5 Å². The molecule has 4 rings (SSSR count). The highest BCUT2D eigenvalue weighted by molar-refractivity contribution is 6.10. The van der Waals surface area contributed by atoms with Crippen molar-refractivity contribution in [1.29, 1.82) is 0 Å². The molecule has 42 heavy (non-hydrogen) atoms. The summed E-state index contributed by atoms with van der Waals surface area (Å²) in [4.78, 5) is 60.4. The molecule has 11 nitrogen and oxygen atoms in total. The summed E-state index contributed by atoms with van der Waals surface area (Å²) < 4.78 is 5.21. The first kappa shape index (κ1) is 30.2. The molecule has 3 aromatic rings. The molecule has 0 saturated carbocycles. The number of primary amides is 1. The van der Waals surface area contributed by atoms with Crippen LogP contribution in [0.2, 0.25) is 0 Å². The Labute approximate surface area is 244 Å². The molecular formula is C31H36N6O5. The van der Waals surface area contributed by atoms with Crippen LogP contribution >= 0.6 is 0 Å². The van der Waals surface area contributed by atoms with Crippen LogP contribution in [-0.2, 0) is 16.0 Å². The standard InChI is InChI=1S/C31H36N6O5/c1-19-11-13-20(14-12-19)27-35-25(26(32)39)23-18-24(38)37(28(23)36-27)22-10-8-9-21(17-22)29(40)33-15-6-5-7-16-34-30(41)42-31(2,3)4/h8-14,17H,5-7,15-16,18H2,1-4H3,(H2,32,39)(H,33,40)(H,34,41). The molecule has 2 heterocycles. The number of nitrogens with zero attached hydrogens (tertiary/aromatic N) is 3. The minimum absolute atomic E-state index is 0.00150. The van der Waals surface area contributed by atoms with Crippen molar-refractivity contribution in [3.05, 3.63) is 70.9 Å². The highest BCUT2D eigenvalue weighted by Gasteiger charge is 2.35. The largest absolute Gasteiger partial charge is 0.444 e. The summed E-state index contributed by atoms with van der Waals surface area (Å²) >= 11 is 0. The van der Waals surface area contributed by atoms with Crippen molar-refractivity contribution in [1.82, 2.24) is 20.6 Å². The molecule has 0 atom stereocenters. The summed E-state index contributed by atoms with van der Waals surface area (Å²) in [5, 5.41) is 5.61. The Kier molecular flexibility index (Phi) is 9.19. The molecule has 0 bridgehead atoms. The average Bonchev–Trinajstić information content (AvgIpc) is 3.26. The van der Waals surface area contributed by atoms with Crippen molar-refractivity contribution in [2.45, 2.75) is 59.0 Å². The Morgan fingerprint density at radius 2 is 1.67 bits per heavy atom. The lowest BCUT2D eigenvalue weighted by Gasteiger charge is -2.19. The van der Waals surface area contributed by atoms with Crippen molar-refractivity contribution in [3.63, 3.8) is 0 Å². The SMILES string of the molecule is Cc1ccc(-c2nc(C(N)=O)c3c(n2)N(c2cccc(C(=O)NCCCCCNC(=O)OC(C)(C)C)c2)C(=O)C3)cc1. The molecule has 0 fully saturated rings. The zero-order chi connectivity index (χ0) is 30.4. The molecule has 4 amide bonds. The van der Waals surface area contributed by atoms with Gasteiger partial charge in [0.2, 0.25) is 5.91 Å². The molecule has 0 aliphatic carbocycles. The van der Waals surface area contributed by atoms with Crippen molar-refractivity contribution in [3.8, 4) is 11.4 Å². The van der Waals surface area contributed by atoms with Crippen molar-refractivity contribution in [2.24, 2.45) is 5.73 Å². The maximum atomic E-state index is 13.2. The van der Waals surface area contributed by atoms with Gasteiger partial charge >= 0.3 is 6.09 Å². The van der Waals surface area contributed by atoms with E-state index in [-0.39, 0.29) is 35.6 Å². The lowest BCUT2D eigenvalue weighted by molar-refractivity contribution is -0.116. The van der Waals surface area contributed by atoms with E-state index < -0.39 is 17.6 Å². The summed E-state index contributed by atoms with van der Waals surface area (Å²) in [6.07, 6.45) is 1.76. The van der Waals surface area contributed by atoms with Crippen LogP contribution in [0, 0.1) is 6.92 Å². The minimum Gasteiger partial charge on any atom is -0.444 e. The van der Waals surface area contributed by atoms with E-state index >= 15 is 0 Å². The number of carbonyl (C=O) groups is 4. The van der Waals surface area contributed by atoms with Gasteiger partial charge in [-0.25, -0.2) is 14.8 Å². The molecule has 1 aromatic heterocycles. The number of ether oxygens (including phenoxy) is 1. The van der Waals surface area contributed by atoms with Gasteiger partial charge in [0.1, 0.15) is 17.1 Å². The van der Waals surface area contributed by atoms with Crippen LogP contribution in [0.5, 0.6) is 0 Å². The van der Waals surface area contributed by atoms with Gasteiger partial charge in [0.25, 0.3) is 11.8 Å². The number of alkyl carbamates (subject to hydrolysis) is 1. The Balaban J connectivity index is 1.42. The van der Waals surface area contributed by atoms with E-state index in [2.05, 4.69) is 20.6 Å². The summed E-state index contributed by atoms with van der Waals surface area (Å²) in [5.41, 5.74) is 8.02. The second-order valence-corrected chi connectivity index (χ2v) is 11.1. The van der Waals surface area contributed by atoms with Gasteiger partial charge in [0, 0.05) is 29.8 Å². The maximum Gasteiger partial charge on any atom is 0.407 e. The van der Waals surface area contributed by atoms with E-state index in [4.69, 9.17) is 10.5 Å². The third-order valence-corrected chi connectivity index (χ3v) is 6.49. The van der Waals surface area contributed by atoms with E-state index in [0.717, 1.165) is 24.8 Å². The smallest absolute Gasteiger partial charge is 0.407 e. The van der Waals surface area contributed by atoms with Crippen LogP contribution in [0.4, 0.5) is 16.3 Å². The fourth-order valence-corrected chi connectivity index (χ4v) is 4.49. The van der Waals surface area contributed by atoms with Gasteiger partial charge in [-0.05, 0) is 65.2 Å². The number of nitrogens with two attached hydrogens (primary N) is 1. The van der Waals surface area contributed by atoms with Gasteiger partial charge < -0.3 is 21.1 Å². The normalized spacial score (nSPS) is 12.6. The Morgan fingerprint density at radius 3 is 2.33 bits per heavy atom. The van der Waals surface area contributed by atoms with Gasteiger partial charge in [-0.2, -0.15) is 0 Å². The molecule has 2 aromatic carbocycles. The van der Waals surface area contributed by atoms with Crippen LogP contribution in [0.25, 0.3) is 11.4 Å². The van der Waals surface area contributed by atoms with Gasteiger partial charge in [-0.1, -0.05) is 35.9 Å². The average molecular weight is 573 g/mol. The number of anilines is 2. The summed E-state index contributed by atoms with van der Waals surface area (Å²) in [5.74, 6) is -0.781. The number of hydrogen-bond acceptors (Lipinski definition) is 7. The lowest BCUT2D eigenvalue weighted by Crippen LogP contribution is -2.33. The molecule has 4 N–H and O–H groups in total. The molecule has 0 radical (unpaired) electrons. The number of rotatable bonds is 10. The molecule has 0 spiro atoms. The number of unbranched alkanes of at least 4 members (excludes halogenated alkanes) is 2. The van der Waals surface area contributed by atoms with Gasteiger partial charge in [0.15, 0.2) is 5.82 Å². The summed E-state index contributed by atoms with van der Waals surface area (Å²) in [6, 6.07) is 14.2. The number of aryl methyl sites for hydroxylation is 1. The molecule has 0 unspecified atom stereocenters. The summed E-state index contributed by atoms with van der Waals surface area (Å²) in [6.45, 7) is 8.33. The number of hydrogen-bond donors (Lipinski definition) is 3. The van der Waals surface area contributed by atoms with Crippen molar-refractivity contribution in [2.75, 3.05) is 18.0 Å². The van der Waals surface area contributed by atoms with Crippen LogP contribution < -0.4 is 21.3 Å². The zero-order valence-corrected chi connectivity index (χ0v) is 24.3. The minimum atomic E-state index is -0.745. The first-order valence-corrected chi connectivity index (χ1v) is 13.9. The number of nitrogens with one attached hydrogen (secondary N) is 2. The van der Waals surface area contributed by atoms with E-state index in [1.165, 1.54) is 4.90 Å². The monoisotopic (exact) mass is 572 g/mol. The highest BCUT2D eigenvalue weighted by atomic mass is 16.6. The Hall–Kier alpha value is -4.80. The van der Waals surface area contributed by atoms with Gasteiger partial charge in [0.05, 0.1) is 12.1 Å². The fraction of sp³-hybridized carbons (Fsp3) is 0.355. The molecule has 1 aliphatic heterocycles. The van der Waals surface area contributed by atoms with Crippen LogP contribution in [0.1, 0.15) is 72.0 Å². The van der Waals surface area contributed by atoms with E-state index in [9.17, 15) is 19.2 Å². The van der Waals surface area contributed by atoms with Gasteiger partial charge in [-0.3, -0.25) is 19.3 Å². The zero-order valence-electron chi connectivity index (χ0n) is 24.3. The number of fused-ring (bicyclic) bond motifs is 1. The number of carbonyl (C=O) groups excluding carboxylic acids is 4. The maximum absolute atomic E-state index is 13.2. The quantitative estimate of drug-likeness (QED) is 0.307. The second-order valence-electron chi connectivity index (χ2n) is 11.1. The van der Waals surface area contributed by atoms with Crippen molar-refractivity contribution < 1.29 is 23.9 Å². The first-order valence-electron chi connectivity index (χ1n) is 13.9. The Morgan fingerprint density at radius 1 is 0.976 bits per heavy atom. The number of benzene rings is 2. The third kappa shape index (κ3) is 7.48. The van der Waals surface area contributed by atoms with Crippen LogP contribution in [0.3, 0.4) is 0 Å². The van der Waals surface area contributed by atoms with Gasteiger partial charge in [-0.15, -0.1) is 0 Å². The number of amides is 4. The molecule has 11 heteroatoms. The fourth-order valence-electron chi connectivity index (χ4n) is 4.49. The molecule has 1 aliphatic rings. The van der Waals surface area contributed by atoms with E-state index in [1.807, 2.05) is 52.0 Å². The highest BCUT2D eigenvalue weighted by Crippen LogP contribution is 2.37. The molecule has 220 valence electrons. The van der Waals surface area contributed by atoms with Crippen LogP contribution in [-0.4, -0.2) is 52.5 Å². The van der Waals surface area contributed by atoms with E-state index in [1.54, 1.807) is 24.3 Å². The number of aromatic nitrogens is 2. The second kappa shape index (κ2) is 12.8.